The summed E-state index contributed by atoms with van der Waals surface area (Å²) in [6.07, 6.45) is 9.86. The van der Waals surface area contributed by atoms with Gasteiger partial charge in [0.1, 0.15) is 10.5 Å². The minimum Gasteiger partial charge on any atom is -0.308 e. The largest absolute Gasteiger partial charge is 0.308 e. The zero-order chi connectivity index (χ0) is 17.3. The van der Waals surface area contributed by atoms with Crippen LogP contribution in [0.1, 0.15) is 55.5 Å². The number of aromatic nitrogens is 4. The van der Waals surface area contributed by atoms with Crippen LogP contribution in [0.25, 0.3) is 20.7 Å². The number of H-pyrrole nitrogens is 2. The number of nitrogens with one attached hydrogen (secondary N) is 2. The van der Waals surface area contributed by atoms with E-state index in [1.807, 2.05) is 12.4 Å². The van der Waals surface area contributed by atoms with E-state index in [1.165, 1.54) is 31.2 Å². The highest BCUT2D eigenvalue weighted by molar-refractivity contribution is 7.22. The van der Waals surface area contributed by atoms with Crippen molar-refractivity contribution in [2.75, 3.05) is 13.1 Å². The Morgan fingerprint density at radius 1 is 1.19 bits per heavy atom. The minimum absolute atomic E-state index is 0.0225. The van der Waals surface area contributed by atoms with Gasteiger partial charge in [-0.05, 0) is 57.0 Å². The molecule has 3 aliphatic heterocycles. The van der Waals surface area contributed by atoms with E-state index in [4.69, 9.17) is 4.98 Å². The van der Waals surface area contributed by atoms with Crippen LogP contribution in [0.3, 0.4) is 0 Å². The van der Waals surface area contributed by atoms with Gasteiger partial charge in [0, 0.05) is 22.2 Å². The summed E-state index contributed by atoms with van der Waals surface area (Å²) in [7, 11) is 0. The molecule has 4 fully saturated rings. The van der Waals surface area contributed by atoms with Crippen LogP contribution in [0.2, 0.25) is 0 Å². The van der Waals surface area contributed by atoms with E-state index in [0.717, 1.165) is 51.9 Å². The Morgan fingerprint density at radius 3 is 2.69 bits per heavy atom. The van der Waals surface area contributed by atoms with Gasteiger partial charge in [0.25, 0.3) is 5.56 Å². The third kappa shape index (κ3) is 2.23. The molecule has 134 valence electrons. The molecule has 3 saturated heterocycles. The SMILES string of the molecule is O=c1[nH]c(C2CC3CCN2CC3)nc2c(C3CC3)c(-c3cn[nH]c3)sc12. The summed E-state index contributed by atoms with van der Waals surface area (Å²) >= 11 is 1.57. The number of aromatic amines is 2. The zero-order valence-electron chi connectivity index (χ0n) is 14.5. The first-order valence-electron chi connectivity index (χ1n) is 9.57. The van der Waals surface area contributed by atoms with E-state index in [0.29, 0.717) is 5.92 Å². The summed E-state index contributed by atoms with van der Waals surface area (Å²) in [5.74, 6) is 2.21. The van der Waals surface area contributed by atoms with Crippen LogP contribution in [-0.2, 0) is 0 Å². The minimum atomic E-state index is 0.0225. The van der Waals surface area contributed by atoms with Crippen molar-refractivity contribution in [3.8, 4) is 10.4 Å². The summed E-state index contributed by atoms with van der Waals surface area (Å²) in [6.45, 7) is 2.27. The third-order valence-electron chi connectivity index (χ3n) is 6.31. The number of thiophene rings is 1. The second kappa shape index (κ2) is 5.50. The third-order valence-corrected chi connectivity index (χ3v) is 7.55. The fourth-order valence-corrected chi connectivity index (χ4v) is 5.97. The van der Waals surface area contributed by atoms with Crippen molar-refractivity contribution >= 4 is 21.6 Å². The fourth-order valence-electron chi connectivity index (χ4n) is 4.77. The molecule has 2 bridgehead atoms. The monoisotopic (exact) mass is 367 g/mol. The highest BCUT2D eigenvalue weighted by atomic mass is 32.1. The molecule has 2 N–H and O–H groups in total. The van der Waals surface area contributed by atoms with E-state index >= 15 is 0 Å². The predicted octanol–water partition coefficient (Wildman–Crippen LogP) is 3.41. The molecule has 0 aromatic carbocycles. The van der Waals surface area contributed by atoms with Gasteiger partial charge in [-0.2, -0.15) is 5.10 Å². The smallest absolute Gasteiger partial charge is 0.268 e. The van der Waals surface area contributed by atoms with Crippen molar-refractivity contribution in [3.05, 3.63) is 34.1 Å². The van der Waals surface area contributed by atoms with Crippen LogP contribution >= 0.6 is 11.3 Å². The van der Waals surface area contributed by atoms with Gasteiger partial charge in [-0.1, -0.05) is 0 Å². The average molecular weight is 367 g/mol. The molecule has 6 nitrogen and oxygen atoms in total. The molecule has 26 heavy (non-hydrogen) atoms. The second-order valence-electron chi connectivity index (χ2n) is 7.97. The Balaban J connectivity index is 1.54. The number of hydrogen-bond acceptors (Lipinski definition) is 5. The zero-order valence-corrected chi connectivity index (χ0v) is 15.3. The number of rotatable bonds is 3. The van der Waals surface area contributed by atoms with Gasteiger partial charge in [-0.25, -0.2) is 4.98 Å². The lowest BCUT2D eigenvalue weighted by atomic mass is 9.83. The number of nitrogens with zero attached hydrogens (tertiary/aromatic N) is 3. The molecule has 3 aromatic heterocycles. The molecule has 3 aromatic rings. The normalized spacial score (nSPS) is 28.1. The predicted molar refractivity (Wildman–Crippen MR) is 101 cm³/mol. The molecule has 0 amide bonds. The van der Waals surface area contributed by atoms with Crippen LogP contribution < -0.4 is 5.56 Å². The maximum atomic E-state index is 12.9. The van der Waals surface area contributed by atoms with Gasteiger partial charge in [-0.3, -0.25) is 14.8 Å². The standard InChI is InChI=1S/C19H21N5OS/c25-19-17-15(14(11-1-2-11)16(26-17)12-8-20-21-9-12)22-18(23-19)13-7-10-3-5-24(13)6-4-10/h8-11,13H,1-7H2,(H,20,21)(H,22,23,25). The first-order valence-corrected chi connectivity index (χ1v) is 10.4. The quantitative estimate of drug-likeness (QED) is 0.744. The topological polar surface area (TPSA) is 77.7 Å². The van der Waals surface area contributed by atoms with Crippen molar-refractivity contribution in [3.63, 3.8) is 0 Å². The summed E-state index contributed by atoms with van der Waals surface area (Å²) in [5.41, 5.74) is 3.30. The summed E-state index contributed by atoms with van der Waals surface area (Å²) in [6, 6.07) is 0.281. The highest BCUT2D eigenvalue weighted by Crippen LogP contribution is 2.50. The molecular formula is C19H21N5OS. The maximum absolute atomic E-state index is 12.9. The highest BCUT2D eigenvalue weighted by Gasteiger charge is 2.37. The Hall–Kier alpha value is -1.99. The van der Waals surface area contributed by atoms with Gasteiger partial charge in [-0.15, -0.1) is 11.3 Å². The van der Waals surface area contributed by atoms with Crippen molar-refractivity contribution < 1.29 is 0 Å². The van der Waals surface area contributed by atoms with Crippen molar-refractivity contribution in [1.29, 1.82) is 0 Å². The van der Waals surface area contributed by atoms with E-state index in [1.54, 1.807) is 11.3 Å². The Labute approximate surface area is 154 Å². The molecular weight excluding hydrogens is 346 g/mol. The summed E-state index contributed by atoms with van der Waals surface area (Å²) < 4.78 is 0.766. The van der Waals surface area contributed by atoms with Crippen molar-refractivity contribution in [2.45, 2.75) is 44.1 Å². The Bertz CT molecular complexity index is 1020. The first-order chi connectivity index (χ1) is 12.8. The van der Waals surface area contributed by atoms with Gasteiger partial charge >= 0.3 is 0 Å². The van der Waals surface area contributed by atoms with Crippen LogP contribution in [-0.4, -0.2) is 38.2 Å². The van der Waals surface area contributed by atoms with Crippen LogP contribution in [0.15, 0.2) is 17.2 Å². The molecule has 1 atom stereocenters. The molecule has 4 aliphatic rings. The molecule has 1 unspecified atom stereocenters. The number of fused-ring (bicyclic) bond motifs is 4. The summed E-state index contributed by atoms with van der Waals surface area (Å²) in [4.78, 5) is 24.7. The van der Waals surface area contributed by atoms with E-state index in [-0.39, 0.29) is 11.6 Å². The number of hydrogen-bond donors (Lipinski definition) is 2. The van der Waals surface area contributed by atoms with E-state index in [9.17, 15) is 4.79 Å². The molecule has 0 spiro atoms. The molecule has 1 saturated carbocycles. The Kier molecular flexibility index (Phi) is 3.20. The Morgan fingerprint density at radius 2 is 2.04 bits per heavy atom. The molecule has 7 rings (SSSR count). The molecule has 7 heteroatoms. The first kappa shape index (κ1) is 15.1. The maximum Gasteiger partial charge on any atom is 0.268 e. The van der Waals surface area contributed by atoms with Crippen LogP contribution in [0.5, 0.6) is 0 Å². The lowest BCUT2D eigenvalue weighted by Gasteiger charge is -2.44. The van der Waals surface area contributed by atoms with E-state index < -0.39 is 0 Å². The van der Waals surface area contributed by atoms with Gasteiger partial charge in [0.05, 0.1) is 17.8 Å². The van der Waals surface area contributed by atoms with E-state index in [2.05, 4.69) is 20.1 Å². The van der Waals surface area contributed by atoms with Gasteiger partial charge < -0.3 is 4.98 Å². The number of piperidine rings is 3. The molecule has 6 heterocycles. The van der Waals surface area contributed by atoms with Crippen molar-refractivity contribution in [1.82, 2.24) is 25.1 Å². The van der Waals surface area contributed by atoms with Crippen molar-refractivity contribution in [2.24, 2.45) is 5.92 Å². The van der Waals surface area contributed by atoms with Crippen LogP contribution in [0.4, 0.5) is 0 Å². The van der Waals surface area contributed by atoms with Crippen LogP contribution in [0, 0.1) is 5.92 Å². The lowest BCUT2D eigenvalue weighted by molar-refractivity contribution is 0.0445. The van der Waals surface area contributed by atoms with Gasteiger partial charge in [0.2, 0.25) is 0 Å². The molecule has 1 aliphatic carbocycles. The average Bonchev–Trinajstić information content (AvgIpc) is 3.21. The molecule has 0 radical (unpaired) electrons. The second-order valence-corrected chi connectivity index (χ2v) is 8.99. The summed E-state index contributed by atoms with van der Waals surface area (Å²) in [5, 5.41) is 7.00. The lowest BCUT2D eigenvalue weighted by Crippen LogP contribution is -2.44. The fraction of sp³-hybridized carbons (Fsp3) is 0.526. The van der Waals surface area contributed by atoms with Gasteiger partial charge in [0.15, 0.2) is 0 Å².